The smallest absolute Gasteiger partial charge is 0.0706 e. The summed E-state index contributed by atoms with van der Waals surface area (Å²) in [6, 6.07) is 8.59. The van der Waals surface area contributed by atoms with Crippen LogP contribution in [0.5, 0.6) is 0 Å². The fraction of sp³-hybridized carbons (Fsp3) is 0.588. The molecular formula is C17H27N3. The summed E-state index contributed by atoms with van der Waals surface area (Å²) in [6.45, 7) is 9.79. The lowest BCUT2D eigenvalue weighted by molar-refractivity contribution is 0.454. The molecule has 0 radical (unpaired) electrons. The van der Waals surface area contributed by atoms with Crippen molar-refractivity contribution in [1.29, 1.82) is 0 Å². The van der Waals surface area contributed by atoms with E-state index in [1.165, 1.54) is 29.4 Å². The summed E-state index contributed by atoms with van der Waals surface area (Å²) in [7, 11) is 0. The Morgan fingerprint density at radius 1 is 1.20 bits per heavy atom. The molecule has 1 N–H and O–H groups in total. The van der Waals surface area contributed by atoms with Crippen LogP contribution in [0.4, 0.5) is 0 Å². The third-order valence-corrected chi connectivity index (χ3v) is 3.95. The van der Waals surface area contributed by atoms with Crippen LogP contribution in [0, 0.1) is 5.92 Å². The minimum Gasteiger partial charge on any atom is -0.316 e. The van der Waals surface area contributed by atoms with Crippen molar-refractivity contribution in [3.63, 3.8) is 0 Å². The number of hydrogen-bond acceptors (Lipinski definition) is 2. The third-order valence-electron chi connectivity index (χ3n) is 3.95. The first-order chi connectivity index (χ1) is 9.80. The predicted molar refractivity (Wildman–Crippen MR) is 86.1 cm³/mol. The average Bonchev–Trinajstić information content (AvgIpc) is 2.84. The number of aromatic nitrogens is 2. The first kappa shape index (κ1) is 15.0. The lowest BCUT2D eigenvalue weighted by Gasteiger charge is -2.14. The molecule has 20 heavy (non-hydrogen) atoms. The molecule has 0 aliphatic heterocycles. The van der Waals surface area contributed by atoms with Gasteiger partial charge in [-0.3, -0.25) is 4.68 Å². The van der Waals surface area contributed by atoms with Gasteiger partial charge in [-0.1, -0.05) is 38.5 Å². The summed E-state index contributed by atoms with van der Waals surface area (Å²) in [5.41, 5.74) is 2.52. The van der Waals surface area contributed by atoms with Gasteiger partial charge in [0, 0.05) is 11.9 Å². The summed E-state index contributed by atoms with van der Waals surface area (Å²) >= 11 is 0. The molecular weight excluding hydrogens is 246 g/mol. The molecule has 2 aromatic rings. The molecule has 110 valence electrons. The quantitative estimate of drug-likeness (QED) is 0.744. The van der Waals surface area contributed by atoms with Crippen molar-refractivity contribution in [1.82, 2.24) is 15.1 Å². The van der Waals surface area contributed by atoms with Crippen molar-refractivity contribution < 1.29 is 0 Å². The third kappa shape index (κ3) is 3.40. The fourth-order valence-electron chi connectivity index (χ4n) is 2.71. The SMILES string of the molecule is CCCNCC(CC)Cc1nn(CC)c2ccccc12. The van der Waals surface area contributed by atoms with Crippen LogP contribution < -0.4 is 5.32 Å². The van der Waals surface area contributed by atoms with Gasteiger partial charge < -0.3 is 5.32 Å². The fourth-order valence-corrected chi connectivity index (χ4v) is 2.71. The van der Waals surface area contributed by atoms with Gasteiger partial charge in [0.15, 0.2) is 0 Å². The maximum atomic E-state index is 4.81. The zero-order valence-corrected chi connectivity index (χ0v) is 13.0. The van der Waals surface area contributed by atoms with Crippen LogP contribution in [0.2, 0.25) is 0 Å². The van der Waals surface area contributed by atoms with Gasteiger partial charge in [-0.2, -0.15) is 5.10 Å². The van der Waals surface area contributed by atoms with E-state index in [1.807, 2.05) is 0 Å². The molecule has 1 unspecified atom stereocenters. The van der Waals surface area contributed by atoms with Gasteiger partial charge in [0.05, 0.1) is 11.2 Å². The second-order valence-electron chi connectivity index (χ2n) is 5.46. The van der Waals surface area contributed by atoms with Gasteiger partial charge in [0.2, 0.25) is 0 Å². The summed E-state index contributed by atoms with van der Waals surface area (Å²) < 4.78 is 2.12. The molecule has 0 spiro atoms. The van der Waals surface area contributed by atoms with E-state index < -0.39 is 0 Å². The molecule has 0 saturated carbocycles. The minimum absolute atomic E-state index is 0.671. The van der Waals surface area contributed by atoms with Gasteiger partial charge in [0.1, 0.15) is 0 Å². The van der Waals surface area contributed by atoms with E-state index in [0.717, 1.165) is 26.1 Å². The normalized spacial score (nSPS) is 12.9. The highest BCUT2D eigenvalue weighted by atomic mass is 15.3. The number of nitrogens with zero attached hydrogens (tertiary/aromatic N) is 2. The van der Waals surface area contributed by atoms with Crippen LogP contribution in [0.3, 0.4) is 0 Å². The molecule has 1 aromatic carbocycles. The second kappa shape index (κ2) is 7.44. The van der Waals surface area contributed by atoms with Gasteiger partial charge in [-0.05, 0) is 44.8 Å². The number of nitrogens with one attached hydrogen (secondary N) is 1. The first-order valence-corrected chi connectivity index (χ1v) is 7.95. The second-order valence-corrected chi connectivity index (χ2v) is 5.46. The molecule has 1 aromatic heterocycles. The number of rotatable bonds is 8. The first-order valence-electron chi connectivity index (χ1n) is 7.95. The molecule has 0 saturated heterocycles. The Morgan fingerprint density at radius 2 is 2.00 bits per heavy atom. The molecule has 0 amide bonds. The zero-order chi connectivity index (χ0) is 14.4. The Balaban J connectivity index is 2.15. The Hall–Kier alpha value is -1.35. The Morgan fingerprint density at radius 3 is 2.70 bits per heavy atom. The average molecular weight is 273 g/mol. The molecule has 3 nitrogen and oxygen atoms in total. The molecule has 1 heterocycles. The number of aryl methyl sites for hydroxylation is 1. The Labute approximate surface area is 122 Å². The largest absolute Gasteiger partial charge is 0.316 e. The van der Waals surface area contributed by atoms with Crippen LogP contribution in [0.25, 0.3) is 10.9 Å². The number of fused-ring (bicyclic) bond motifs is 1. The number of para-hydroxylation sites is 1. The van der Waals surface area contributed by atoms with Gasteiger partial charge in [-0.25, -0.2) is 0 Å². The van der Waals surface area contributed by atoms with E-state index in [4.69, 9.17) is 5.10 Å². The van der Waals surface area contributed by atoms with Crippen molar-refractivity contribution in [2.45, 2.75) is 46.6 Å². The van der Waals surface area contributed by atoms with Crippen molar-refractivity contribution in [3.8, 4) is 0 Å². The Bertz CT molecular complexity index is 530. The van der Waals surface area contributed by atoms with Crippen LogP contribution >= 0.6 is 0 Å². The van der Waals surface area contributed by atoms with Crippen LogP contribution in [-0.4, -0.2) is 22.9 Å². The van der Waals surface area contributed by atoms with Crippen LogP contribution in [-0.2, 0) is 13.0 Å². The van der Waals surface area contributed by atoms with E-state index in [1.54, 1.807) is 0 Å². The molecule has 2 rings (SSSR count). The maximum Gasteiger partial charge on any atom is 0.0706 e. The van der Waals surface area contributed by atoms with E-state index in [0.29, 0.717) is 5.92 Å². The molecule has 0 bridgehead atoms. The van der Waals surface area contributed by atoms with Crippen molar-refractivity contribution in [3.05, 3.63) is 30.0 Å². The van der Waals surface area contributed by atoms with E-state index >= 15 is 0 Å². The van der Waals surface area contributed by atoms with E-state index in [2.05, 4.69) is 55.0 Å². The number of hydrogen-bond donors (Lipinski definition) is 1. The number of benzene rings is 1. The highest BCUT2D eigenvalue weighted by Gasteiger charge is 2.14. The molecule has 1 atom stereocenters. The van der Waals surface area contributed by atoms with Gasteiger partial charge in [0.25, 0.3) is 0 Å². The zero-order valence-electron chi connectivity index (χ0n) is 13.0. The van der Waals surface area contributed by atoms with Crippen LogP contribution in [0.1, 0.15) is 39.3 Å². The van der Waals surface area contributed by atoms with E-state index in [-0.39, 0.29) is 0 Å². The molecule has 3 heteroatoms. The summed E-state index contributed by atoms with van der Waals surface area (Å²) in [4.78, 5) is 0. The van der Waals surface area contributed by atoms with Crippen molar-refractivity contribution in [2.24, 2.45) is 5.92 Å². The van der Waals surface area contributed by atoms with Crippen LogP contribution in [0.15, 0.2) is 24.3 Å². The lowest BCUT2D eigenvalue weighted by Crippen LogP contribution is -2.24. The Kier molecular flexibility index (Phi) is 5.60. The molecule has 0 aliphatic carbocycles. The van der Waals surface area contributed by atoms with E-state index in [9.17, 15) is 0 Å². The van der Waals surface area contributed by atoms with Gasteiger partial charge >= 0.3 is 0 Å². The van der Waals surface area contributed by atoms with Gasteiger partial charge in [-0.15, -0.1) is 0 Å². The predicted octanol–water partition coefficient (Wildman–Crippen LogP) is 3.62. The summed E-state index contributed by atoms with van der Waals surface area (Å²) in [6.07, 6.45) is 3.47. The van der Waals surface area contributed by atoms with Crippen molar-refractivity contribution >= 4 is 10.9 Å². The summed E-state index contributed by atoms with van der Waals surface area (Å²) in [5.74, 6) is 0.671. The molecule has 0 fully saturated rings. The maximum absolute atomic E-state index is 4.81. The lowest BCUT2D eigenvalue weighted by atomic mass is 9.98. The monoisotopic (exact) mass is 273 g/mol. The highest BCUT2D eigenvalue weighted by molar-refractivity contribution is 5.81. The highest BCUT2D eigenvalue weighted by Crippen LogP contribution is 2.21. The molecule has 0 aliphatic rings. The summed E-state index contributed by atoms with van der Waals surface area (Å²) in [5, 5.41) is 9.68. The standard InChI is InChI=1S/C17H27N3/c1-4-11-18-13-14(5-2)12-16-15-9-7-8-10-17(15)20(6-3)19-16/h7-10,14,18H,4-6,11-13H2,1-3H3. The minimum atomic E-state index is 0.671. The van der Waals surface area contributed by atoms with Crippen molar-refractivity contribution in [2.75, 3.05) is 13.1 Å². The topological polar surface area (TPSA) is 29.9 Å².